The van der Waals surface area contributed by atoms with Gasteiger partial charge >= 0.3 is 12.1 Å². The van der Waals surface area contributed by atoms with Gasteiger partial charge in [-0.05, 0) is 42.0 Å². The Balaban J connectivity index is 1.48. The fraction of sp³-hybridized carbons (Fsp3) is 0.357. The number of nitrogens with zero attached hydrogens (tertiary/aromatic N) is 2. The first-order valence-corrected chi connectivity index (χ1v) is 12.1. The van der Waals surface area contributed by atoms with Gasteiger partial charge in [0.05, 0.1) is 17.7 Å². The third kappa shape index (κ3) is 5.68. The maximum Gasteiger partial charge on any atom is 0.471 e. The number of likely N-dealkylation sites (tertiary alicyclic amines) is 1. The second-order valence-corrected chi connectivity index (χ2v) is 9.18. The van der Waals surface area contributed by atoms with E-state index in [1.54, 1.807) is 23.5 Å². The largest absolute Gasteiger partial charge is 0.471 e. The van der Waals surface area contributed by atoms with E-state index in [0.717, 1.165) is 10.9 Å². The van der Waals surface area contributed by atoms with Crippen molar-refractivity contribution in [3.05, 3.63) is 70.7 Å². The van der Waals surface area contributed by atoms with Gasteiger partial charge in [0.25, 0.3) is 5.91 Å². The van der Waals surface area contributed by atoms with Crippen molar-refractivity contribution in [2.75, 3.05) is 26.8 Å². The Morgan fingerprint density at radius 3 is 2.58 bits per heavy atom. The Hall–Kier alpha value is -3.84. The summed E-state index contributed by atoms with van der Waals surface area (Å²) in [6, 6.07) is 9.52. The van der Waals surface area contributed by atoms with Gasteiger partial charge in [0.2, 0.25) is 0 Å². The van der Waals surface area contributed by atoms with E-state index in [2.05, 4.69) is 5.92 Å². The lowest BCUT2D eigenvalue weighted by atomic mass is 9.88. The molecule has 0 bridgehead atoms. The van der Waals surface area contributed by atoms with E-state index in [1.807, 2.05) is 22.8 Å². The van der Waals surface area contributed by atoms with E-state index in [1.165, 1.54) is 18.2 Å². The summed E-state index contributed by atoms with van der Waals surface area (Å²) in [5.74, 6) is -0.207. The number of amides is 2. The first-order valence-electron chi connectivity index (χ1n) is 12.1. The minimum Gasteiger partial charge on any atom is -0.383 e. The molecule has 38 heavy (non-hydrogen) atoms. The molecule has 1 aromatic heterocycles. The molecule has 0 unspecified atom stereocenters. The van der Waals surface area contributed by atoms with Crippen LogP contribution in [0.5, 0.6) is 0 Å². The standard InChI is InChI=1S/C28H27F4N3O3/c1-3-19-5-4-6-21-23(17-35(25(19)21)13-14-38-2)26(36)34-11-9-20(10-12-34)22-15-18(7-8-24(22)29)16-33-27(37)28(30,31)32/h1,4-8,15,17,20H,9-14,16H2,2H3,(H,33,37). The van der Waals surface area contributed by atoms with Crippen molar-refractivity contribution in [1.29, 1.82) is 0 Å². The third-order valence-electron chi connectivity index (χ3n) is 6.81. The number of aromatic nitrogens is 1. The van der Waals surface area contributed by atoms with Crippen molar-refractivity contribution in [2.45, 2.75) is 38.0 Å². The number of benzene rings is 2. The van der Waals surface area contributed by atoms with Gasteiger partial charge in [-0.3, -0.25) is 9.59 Å². The van der Waals surface area contributed by atoms with Crippen molar-refractivity contribution in [3.8, 4) is 12.3 Å². The number of hydrogen-bond acceptors (Lipinski definition) is 3. The molecular weight excluding hydrogens is 502 g/mol. The van der Waals surface area contributed by atoms with Gasteiger partial charge in [0.15, 0.2) is 0 Å². The van der Waals surface area contributed by atoms with E-state index < -0.39 is 17.9 Å². The molecule has 1 aliphatic rings. The van der Waals surface area contributed by atoms with E-state index in [0.29, 0.717) is 61.3 Å². The predicted molar refractivity (Wildman–Crippen MR) is 134 cm³/mol. The van der Waals surface area contributed by atoms with Crippen LogP contribution in [-0.4, -0.2) is 54.3 Å². The molecule has 2 heterocycles. The van der Waals surface area contributed by atoms with Crippen molar-refractivity contribution >= 4 is 22.7 Å². The lowest BCUT2D eigenvalue weighted by molar-refractivity contribution is -0.173. The molecule has 10 heteroatoms. The zero-order valence-electron chi connectivity index (χ0n) is 20.8. The molecule has 6 nitrogen and oxygen atoms in total. The summed E-state index contributed by atoms with van der Waals surface area (Å²) in [5.41, 5.74) is 2.73. The summed E-state index contributed by atoms with van der Waals surface area (Å²) in [5, 5.41) is 2.56. The van der Waals surface area contributed by atoms with Gasteiger partial charge in [0.1, 0.15) is 5.82 Å². The average molecular weight is 530 g/mol. The Morgan fingerprint density at radius 2 is 1.92 bits per heavy atom. The summed E-state index contributed by atoms with van der Waals surface area (Å²) in [4.78, 5) is 26.4. The number of carbonyl (C=O) groups excluding carboxylic acids is 2. The van der Waals surface area contributed by atoms with Gasteiger partial charge in [-0.15, -0.1) is 6.42 Å². The molecular formula is C28H27F4N3O3. The maximum absolute atomic E-state index is 14.6. The van der Waals surface area contributed by atoms with E-state index in [-0.39, 0.29) is 18.4 Å². The van der Waals surface area contributed by atoms with Crippen LogP contribution >= 0.6 is 0 Å². The summed E-state index contributed by atoms with van der Waals surface area (Å²) < 4.78 is 59.2. The molecule has 1 fully saturated rings. The number of alkyl halides is 3. The molecule has 4 rings (SSSR count). The number of carbonyl (C=O) groups is 2. The minimum atomic E-state index is -4.99. The number of para-hydroxylation sites is 1. The van der Waals surface area contributed by atoms with Crippen molar-refractivity contribution < 1.29 is 31.9 Å². The lowest BCUT2D eigenvalue weighted by Crippen LogP contribution is -2.38. The van der Waals surface area contributed by atoms with Gasteiger partial charge < -0.3 is 19.5 Å². The molecule has 0 atom stereocenters. The fourth-order valence-corrected chi connectivity index (χ4v) is 4.88. The SMILES string of the molecule is C#Cc1cccc2c(C(=O)N3CCC(c4cc(CNC(=O)C(F)(F)F)ccc4F)CC3)cn(CCOC)c12. The van der Waals surface area contributed by atoms with Crippen LogP contribution in [0, 0.1) is 18.2 Å². The normalized spacial score (nSPS) is 14.5. The van der Waals surface area contributed by atoms with Crippen LogP contribution in [0.4, 0.5) is 17.6 Å². The van der Waals surface area contributed by atoms with Crippen LogP contribution in [0.3, 0.4) is 0 Å². The van der Waals surface area contributed by atoms with Gasteiger partial charge in [-0.2, -0.15) is 13.2 Å². The molecule has 3 aromatic rings. The molecule has 0 aliphatic carbocycles. The number of piperidine rings is 1. The van der Waals surface area contributed by atoms with Gasteiger partial charge in [-0.25, -0.2) is 4.39 Å². The van der Waals surface area contributed by atoms with E-state index >= 15 is 0 Å². The fourth-order valence-electron chi connectivity index (χ4n) is 4.88. The zero-order valence-corrected chi connectivity index (χ0v) is 20.8. The Bertz CT molecular complexity index is 1380. The predicted octanol–water partition coefficient (Wildman–Crippen LogP) is 4.61. The molecule has 0 radical (unpaired) electrons. The molecule has 0 spiro atoms. The molecule has 1 aliphatic heterocycles. The van der Waals surface area contributed by atoms with Gasteiger partial charge in [0, 0.05) is 50.4 Å². The highest BCUT2D eigenvalue weighted by molar-refractivity contribution is 6.08. The van der Waals surface area contributed by atoms with Crippen molar-refractivity contribution in [2.24, 2.45) is 0 Å². The summed E-state index contributed by atoms with van der Waals surface area (Å²) >= 11 is 0. The Labute approximate surface area is 217 Å². The van der Waals surface area contributed by atoms with Crippen LogP contribution in [0.15, 0.2) is 42.6 Å². The van der Waals surface area contributed by atoms with E-state index in [9.17, 15) is 27.2 Å². The lowest BCUT2D eigenvalue weighted by Gasteiger charge is -2.32. The third-order valence-corrected chi connectivity index (χ3v) is 6.81. The number of halogens is 4. The number of hydrogen-bond donors (Lipinski definition) is 1. The van der Waals surface area contributed by atoms with Crippen LogP contribution < -0.4 is 5.32 Å². The molecule has 1 saturated heterocycles. The number of nitrogens with one attached hydrogen (secondary N) is 1. The highest BCUT2D eigenvalue weighted by Gasteiger charge is 2.38. The minimum absolute atomic E-state index is 0.150. The summed E-state index contributed by atoms with van der Waals surface area (Å²) in [7, 11) is 1.60. The average Bonchev–Trinajstić information content (AvgIpc) is 3.29. The van der Waals surface area contributed by atoms with Crippen LogP contribution in [-0.2, 0) is 22.6 Å². The molecule has 200 valence electrons. The smallest absolute Gasteiger partial charge is 0.383 e. The van der Waals surface area contributed by atoms with Gasteiger partial charge in [-0.1, -0.05) is 30.2 Å². The van der Waals surface area contributed by atoms with Crippen molar-refractivity contribution in [1.82, 2.24) is 14.8 Å². The monoisotopic (exact) mass is 529 g/mol. The Kier molecular flexibility index (Phi) is 8.07. The van der Waals surface area contributed by atoms with Crippen LogP contribution in [0.1, 0.15) is 45.8 Å². The molecule has 2 aromatic carbocycles. The molecule has 2 amide bonds. The van der Waals surface area contributed by atoms with Crippen LogP contribution in [0.2, 0.25) is 0 Å². The number of methoxy groups -OCH3 is 1. The maximum atomic E-state index is 14.6. The van der Waals surface area contributed by atoms with Crippen molar-refractivity contribution in [3.63, 3.8) is 0 Å². The number of rotatable bonds is 7. The Morgan fingerprint density at radius 1 is 1.18 bits per heavy atom. The number of terminal acetylenes is 1. The zero-order chi connectivity index (χ0) is 27.4. The summed E-state index contributed by atoms with van der Waals surface area (Å²) in [6.45, 7) is 1.39. The number of ether oxygens (including phenoxy) is 1. The van der Waals surface area contributed by atoms with Crippen LogP contribution in [0.25, 0.3) is 10.9 Å². The second kappa shape index (κ2) is 11.3. The summed E-state index contributed by atoms with van der Waals surface area (Å²) in [6.07, 6.45) is 3.47. The number of fused-ring (bicyclic) bond motifs is 1. The second-order valence-electron chi connectivity index (χ2n) is 9.18. The molecule has 1 N–H and O–H groups in total. The first kappa shape index (κ1) is 27.2. The topological polar surface area (TPSA) is 63.6 Å². The van der Waals surface area contributed by atoms with E-state index in [4.69, 9.17) is 11.2 Å². The quantitative estimate of drug-likeness (QED) is 0.359. The molecule has 0 saturated carbocycles. The highest BCUT2D eigenvalue weighted by atomic mass is 19.4. The first-order chi connectivity index (χ1) is 18.1. The highest BCUT2D eigenvalue weighted by Crippen LogP contribution is 2.33.